The molecule has 0 radical (unpaired) electrons. The van der Waals surface area contributed by atoms with E-state index >= 15 is 0 Å². The summed E-state index contributed by atoms with van der Waals surface area (Å²) in [5.74, 6) is 0.431. The lowest BCUT2D eigenvalue weighted by atomic mass is 10.0. The van der Waals surface area contributed by atoms with Crippen LogP contribution in [0.2, 0.25) is 0 Å². The number of carbonyl (C=O) groups is 1. The first kappa shape index (κ1) is 29.5. The molecule has 0 amide bonds. The van der Waals surface area contributed by atoms with Gasteiger partial charge in [-0.3, -0.25) is 4.79 Å². The van der Waals surface area contributed by atoms with Crippen molar-refractivity contribution < 1.29 is 9.53 Å². The van der Waals surface area contributed by atoms with Crippen molar-refractivity contribution in [3.05, 3.63) is 42.5 Å². The first-order valence-electron chi connectivity index (χ1n) is 14.2. The highest BCUT2D eigenvalue weighted by Crippen LogP contribution is 2.15. The molecule has 0 atom stereocenters. The number of carbonyl (C=O) groups excluding carboxylic acids is 1. The first-order chi connectivity index (χ1) is 16.3. The molecule has 0 N–H and O–H groups in total. The summed E-state index contributed by atoms with van der Waals surface area (Å²) in [7, 11) is 0. The molecular weight excluding hydrogens is 404 g/mol. The van der Waals surface area contributed by atoms with Crippen LogP contribution in [0.15, 0.2) is 42.5 Å². The van der Waals surface area contributed by atoms with E-state index in [4.69, 9.17) is 4.74 Å². The zero-order valence-corrected chi connectivity index (χ0v) is 21.7. The summed E-state index contributed by atoms with van der Waals surface area (Å²) in [6, 6.07) is 9.27. The lowest BCUT2D eigenvalue weighted by molar-refractivity contribution is -0.133. The fourth-order valence-corrected chi connectivity index (χ4v) is 4.30. The molecule has 0 spiro atoms. The van der Waals surface area contributed by atoms with Gasteiger partial charge in [0.05, 0.1) is 6.42 Å². The number of rotatable bonds is 23. The van der Waals surface area contributed by atoms with E-state index in [1.54, 1.807) is 12.1 Å². The van der Waals surface area contributed by atoms with Gasteiger partial charge < -0.3 is 4.74 Å². The molecule has 2 nitrogen and oxygen atoms in total. The van der Waals surface area contributed by atoms with Gasteiger partial charge in [-0.1, -0.05) is 153 Å². The summed E-state index contributed by atoms with van der Waals surface area (Å²) in [6.07, 6.45) is 32.3. The lowest BCUT2D eigenvalue weighted by Gasteiger charge is -2.04. The van der Waals surface area contributed by atoms with Crippen molar-refractivity contribution in [3.8, 4) is 5.75 Å². The predicted molar refractivity (Wildman–Crippen MR) is 144 cm³/mol. The number of unbranched alkanes of at least 4 members (excludes halogenated alkanes) is 19. The van der Waals surface area contributed by atoms with Crippen molar-refractivity contribution in [3.63, 3.8) is 0 Å². The number of benzene rings is 1. The van der Waals surface area contributed by atoms with E-state index in [2.05, 4.69) is 13.0 Å². The fourth-order valence-electron chi connectivity index (χ4n) is 4.30. The summed E-state index contributed by atoms with van der Waals surface area (Å²) >= 11 is 0. The van der Waals surface area contributed by atoms with Crippen LogP contribution in [0.4, 0.5) is 0 Å². The predicted octanol–water partition coefficient (Wildman–Crippen LogP) is 10.4. The molecule has 0 unspecified atom stereocenters. The van der Waals surface area contributed by atoms with E-state index in [9.17, 15) is 4.79 Å². The van der Waals surface area contributed by atoms with Crippen LogP contribution in [0.3, 0.4) is 0 Å². The Balaban J connectivity index is 1.73. The van der Waals surface area contributed by atoms with E-state index in [0.717, 1.165) is 6.42 Å². The molecule has 0 aromatic heterocycles. The average Bonchev–Trinajstić information content (AvgIpc) is 2.83. The van der Waals surface area contributed by atoms with Crippen LogP contribution in [-0.4, -0.2) is 5.97 Å². The number of para-hydroxylation sites is 1. The van der Waals surface area contributed by atoms with Gasteiger partial charge in [0.25, 0.3) is 0 Å². The Morgan fingerprint density at radius 3 is 1.48 bits per heavy atom. The molecule has 33 heavy (non-hydrogen) atoms. The third kappa shape index (κ3) is 20.7. The minimum atomic E-state index is -0.189. The minimum absolute atomic E-state index is 0.189. The lowest BCUT2D eigenvalue weighted by Crippen LogP contribution is -2.05. The Hall–Kier alpha value is -1.57. The van der Waals surface area contributed by atoms with Crippen molar-refractivity contribution in [2.45, 2.75) is 142 Å². The summed E-state index contributed by atoms with van der Waals surface area (Å²) in [4.78, 5) is 11.7. The van der Waals surface area contributed by atoms with Crippen LogP contribution in [0.25, 0.3) is 0 Å². The SMILES string of the molecule is CCCCCCCCCCCCCCCCCCCCC/C=C/CC(=O)Oc1ccccc1. The summed E-state index contributed by atoms with van der Waals surface area (Å²) in [5.41, 5.74) is 0. The Morgan fingerprint density at radius 1 is 0.606 bits per heavy atom. The van der Waals surface area contributed by atoms with Gasteiger partial charge in [-0.15, -0.1) is 0 Å². The van der Waals surface area contributed by atoms with E-state index in [1.807, 2.05) is 24.3 Å². The van der Waals surface area contributed by atoms with Crippen molar-refractivity contribution >= 4 is 5.97 Å². The zero-order valence-electron chi connectivity index (χ0n) is 21.7. The van der Waals surface area contributed by atoms with E-state index < -0.39 is 0 Å². The molecule has 1 aromatic carbocycles. The van der Waals surface area contributed by atoms with Crippen LogP contribution in [0.5, 0.6) is 5.75 Å². The average molecular weight is 457 g/mol. The second-order valence-electron chi connectivity index (χ2n) is 9.62. The Morgan fingerprint density at radius 2 is 1.03 bits per heavy atom. The van der Waals surface area contributed by atoms with Gasteiger partial charge in [-0.05, 0) is 25.0 Å². The van der Waals surface area contributed by atoms with Gasteiger partial charge in [0.2, 0.25) is 0 Å². The molecule has 188 valence electrons. The number of hydrogen-bond donors (Lipinski definition) is 0. The summed E-state index contributed by atoms with van der Waals surface area (Å²) in [5, 5.41) is 0. The Bertz CT molecular complexity index is 564. The number of allylic oxidation sites excluding steroid dienone is 1. The molecular formula is C31H52O2. The fraction of sp³-hybridized carbons (Fsp3) is 0.710. The van der Waals surface area contributed by atoms with Crippen LogP contribution in [0, 0.1) is 0 Å². The molecule has 0 aliphatic heterocycles. The topological polar surface area (TPSA) is 26.3 Å². The first-order valence-corrected chi connectivity index (χ1v) is 14.2. The van der Waals surface area contributed by atoms with Crippen LogP contribution < -0.4 is 4.74 Å². The van der Waals surface area contributed by atoms with Crippen LogP contribution >= 0.6 is 0 Å². The summed E-state index contributed by atoms with van der Waals surface area (Å²) in [6.45, 7) is 2.29. The van der Waals surface area contributed by atoms with E-state index in [-0.39, 0.29) is 5.97 Å². The Kier molecular flexibility index (Phi) is 21.1. The molecule has 0 heterocycles. The molecule has 0 aliphatic carbocycles. The monoisotopic (exact) mass is 456 g/mol. The van der Waals surface area contributed by atoms with Crippen molar-refractivity contribution in [1.29, 1.82) is 0 Å². The maximum Gasteiger partial charge on any atom is 0.315 e. The highest BCUT2D eigenvalue weighted by molar-refractivity contribution is 5.73. The second kappa shape index (κ2) is 23.6. The van der Waals surface area contributed by atoms with Gasteiger partial charge in [0.1, 0.15) is 5.75 Å². The second-order valence-corrected chi connectivity index (χ2v) is 9.62. The van der Waals surface area contributed by atoms with Crippen molar-refractivity contribution in [2.75, 3.05) is 0 Å². The highest BCUT2D eigenvalue weighted by atomic mass is 16.5. The quantitative estimate of drug-likeness (QED) is 0.0708. The standard InChI is InChI=1S/C31H52O2/c1-2-3-4-5-6-7-8-9-10-11-12-13-14-15-16-17-18-19-20-21-22-26-29-31(32)33-30-27-24-23-25-28-30/h22-28H,2-21,29H2,1H3/b26-22+. The van der Waals surface area contributed by atoms with Crippen LogP contribution in [-0.2, 0) is 4.79 Å². The largest absolute Gasteiger partial charge is 0.426 e. The molecule has 1 rings (SSSR count). The smallest absolute Gasteiger partial charge is 0.315 e. The number of hydrogen-bond acceptors (Lipinski definition) is 2. The number of ether oxygens (including phenoxy) is 1. The van der Waals surface area contributed by atoms with Gasteiger partial charge in [0.15, 0.2) is 0 Å². The van der Waals surface area contributed by atoms with Gasteiger partial charge in [-0.2, -0.15) is 0 Å². The zero-order chi connectivity index (χ0) is 23.7. The molecule has 0 aliphatic rings. The van der Waals surface area contributed by atoms with E-state index in [1.165, 1.54) is 122 Å². The van der Waals surface area contributed by atoms with Crippen LogP contribution in [0.1, 0.15) is 142 Å². The maximum absolute atomic E-state index is 11.7. The van der Waals surface area contributed by atoms with Gasteiger partial charge >= 0.3 is 5.97 Å². The maximum atomic E-state index is 11.7. The molecule has 0 saturated heterocycles. The van der Waals surface area contributed by atoms with Crippen molar-refractivity contribution in [1.82, 2.24) is 0 Å². The normalized spacial score (nSPS) is 11.3. The van der Waals surface area contributed by atoms with Crippen molar-refractivity contribution in [2.24, 2.45) is 0 Å². The third-order valence-electron chi connectivity index (χ3n) is 6.40. The molecule has 0 bridgehead atoms. The molecule has 0 fully saturated rings. The molecule has 0 saturated carbocycles. The van der Waals surface area contributed by atoms with Gasteiger partial charge in [-0.25, -0.2) is 0 Å². The third-order valence-corrected chi connectivity index (χ3v) is 6.40. The molecule has 1 aromatic rings. The van der Waals surface area contributed by atoms with E-state index in [0.29, 0.717) is 12.2 Å². The minimum Gasteiger partial charge on any atom is -0.426 e. The Labute approximate surface area is 205 Å². The molecule has 2 heteroatoms. The number of esters is 1. The summed E-state index contributed by atoms with van der Waals surface area (Å²) < 4.78 is 5.27. The van der Waals surface area contributed by atoms with Gasteiger partial charge in [0, 0.05) is 0 Å². The highest BCUT2D eigenvalue weighted by Gasteiger charge is 2.01.